The summed E-state index contributed by atoms with van der Waals surface area (Å²) in [4.78, 5) is 20.5. The Morgan fingerprint density at radius 1 is 1.29 bits per heavy atom. The van der Waals surface area contributed by atoms with Gasteiger partial charge < -0.3 is 34.5 Å². The van der Waals surface area contributed by atoms with Crippen LogP contribution in [0.15, 0.2) is 22.7 Å². The number of hydrogen-bond donors (Lipinski definition) is 2. The molecule has 1 aliphatic carbocycles. The van der Waals surface area contributed by atoms with Crippen molar-refractivity contribution in [2.45, 2.75) is 31.4 Å². The molecule has 3 aliphatic rings. The molecule has 1 aromatic carbocycles. The number of nitrogens with zero attached hydrogens (tertiary/aromatic N) is 4. The van der Waals surface area contributed by atoms with Crippen molar-refractivity contribution < 1.29 is 18.8 Å². The van der Waals surface area contributed by atoms with Gasteiger partial charge in [-0.05, 0) is 25.8 Å². The molecule has 2 saturated heterocycles. The highest BCUT2D eigenvalue weighted by Crippen LogP contribution is 2.39. The van der Waals surface area contributed by atoms with Gasteiger partial charge in [0.25, 0.3) is 0 Å². The maximum absolute atomic E-state index is 12.3. The summed E-state index contributed by atoms with van der Waals surface area (Å²) in [5, 5.41) is 15.2. The predicted octanol–water partition coefficient (Wildman–Crippen LogP) is 2.36. The molecule has 31 heavy (non-hydrogen) atoms. The van der Waals surface area contributed by atoms with Gasteiger partial charge in [0.2, 0.25) is 5.82 Å². The summed E-state index contributed by atoms with van der Waals surface area (Å²) >= 11 is 0. The highest BCUT2D eigenvalue weighted by atomic mass is 16.6. The molecule has 0 spiro atoms. The van der Waals surface area contributed by atoms with Crippen molar-refractivity contribution in [1.82, 2.24) is 15.0 Å². The Balaban J connectivity index is 1.23. The number of anilines is 2. The minimum absolute atomic E-state index is 0.242. The van der Waals surface area contributed by atoms with E-state index in [-0.39, 0.29) is 17.7 Å². The van der Waals surface area contributed by atoms with Crippen LogP contribution in [0.4, 0.5) is 16.5 Å². The zero-order chi connectivity index (χ0) is 21.4. The zero-order valence-electron chi connectivity index (χ0n) is 17.5. The van der Waals surface area contributed by atoms with Crippen LogP contribution >= 0.6 is 0 Å². The number of piperazine rings is 1. The van der Waals surface area contributed by atoms with Gasteiger partial charge in [-0.15, -0.1) is 0 Å². The largest absolute Gasteiger partial charge is 0.443 e. The fourth-order valence-electron chi connectivity index (χ4n) is 3.58. The molecule has 5 rings (SSSR count). The van der Waals surface area contributed by atoms with Crippen LogP contribution in [0.5, 0.6) is 0 Å². The third kappa shape index (κ3) is 4.20. The minimum atomic E-state index is -0.262. The first-order chi connectivity index (χ1) is 15.0. The highest BCUT2D eigenvalue weighted by Gasteiger charge is 2.43. The predicted molar refractivity (Wildman–Crippen MR) is 114 cm³/mol. The topological polar surface area (TPSA) is 117 Å². The Bertz CT molecular complexity index is 976. The van der Waals surface area contributed by atoms with Gasteiger partial charge >= 0.3 is 12.1 Å². The molecular weight excluding hydrogens is 400 g/mol. The van der Waals surface area contributed by atoms with Crippen LogP contribution in [0.2, 0.25) is 0 Å². The van der Waals surface area contributed by atoms with E-state index in [0.717, 1.165) is 29.7 Å². The van der Waals surface area contributed by atoms with Gasteiger partial charge in [-0.2, -0.15) is 4.98 Å². The molecule has 10 heteroatoms. The standard InChI is InChI=1S/C21H26N6O4/c1-21(4-5-21)30-20(28)27-8-6-26(7-9-27)19-24-18(25-31-19)14-2-3-15(11-22)17(10-14)23-16-12-29-13-16/h2-3,10-11,16,22-23H,4-9,12-13H2,1H3. The van der Waals surface area contributed by atoms with Crippen molar-refractivity contribution in [3.05, 3.63) is 23.8 Å². The second-order valence-corrected chi connectivity index (χ2v) is 8.52. The maximum atomic E-state index is 12.3. The number of aromatic nitrogens is 2. The summed E-state index contributed by atoms with van der Waals surface area (Å²) in [5.41, 5.74) is 2.19. The molecule has 0 unspecified atom stereocenters. The van der Waals surface area contributed by atoms with Crippen LogP contribution in [0, 0.1) is 5.41 Å². The summed E-state index contributed by atoms with van der Waals surface area (Å²) in [7, 11) is 0. The number of ether oxygens (including phenoxy) is 2. The first-order valence-corrected chi connectivity index (χ1v) is 10.6. The Labute approximate surface area is 180 Å². The van der Waals surface area contributed by atoms with Crippen LogP contribution in [0.1, 0.15) is 25.3 Å². The Hall–Kier alpha value is -3.14. The third-order valence-corrected chi connectivity index (χ3v) is 5.98. The van der Waals surface area contributed by atoms with Crippen LogP contribution in [0.3, 0.4) is 0 Å². The van der Waals surface area contributed by atoms with Crippen molar-refractivity contribution in [2.24, 2.45) is 0 Å². The van der Waals surface area contributed by atoms with E-state index in [0.29, 0.717) is 51.2 Å². The van der Waals surface area contributed by atoms with E-state index in [2.05, 4.69) is 15.5 Å². The lowest BCUT2D eigenvalue weighted by atomic mass is 10.1. The number of nitrogens with one attached hydrogen (secondary N) is 2. The molecule has 1 amide bonds. The van der Waals surface area contributed by atoms with E-state index < -0.39 is 0 Å². The maximum Gasteiger partial charge on any atom is 0.410 e. The van der Waals surface area contributed by atoms with Gasteiger partial charge in [-0.25, -0.2) is 4.79 Å². The molecule has 1 aromatic heterocycles. The SMILES string of the molecule is CC1(OC(=O)N2CCN(c3nc(-c4ccc(C=N)c(NC5COC5)c4)no3)CC2)CC1. The number of benzene rings is 1. The first-order valence-electron chi connectivity index (χ1n) is 10.6. The van der Waals surface area contributed by atoms with Crippen molar-refractivity contribution in [1.29, 1.82) is 5.41 Å². The van der Waals surface area contributed by atoms with Gasteiger partial charge in [0.15, 0.2) is 0 Å². The monoisotopic (exact) mass is 426 g/mol. The van der Waals surface area contributed by atoms with Crippen molar-refractivity contribution in [3.63, 3.8) is 0 Å². The summed E-state index contributed by atoms with van der Waals surface area (Å²) < 4.78 is 16.3. The Kier molecular flexibility index (Phi) is 5.01. The van der Waals surface area contributed by atoms with E-state index >= 15 is 0 Å². The van der Waals surface area contributed by atoms with E-state index in [9.17, 15) is 4.79 Å². The normalized spacial score (nSPS) is 20.2. The number of carbonyl (C=O) groups excluding carboxylic acids is 1. The molecule has 2 aromatic rings. The van der Waals surface area contributed by atoms with E-state index in [4.69, 9.17) is 19.4 Å². The Morgan fingerprint density at radius 2 is 2.06 bits per heavy atom. The first kappa shape index (κ1) is 19.8. The molecular formula is C21H26N6O4. The fourth-order valence-corrected chi connectivity index (χ4v) is 3.58. The van der Waals surface area contributed by atoms with Crippen LogP contribution < -0.4 is 10.2 Å². The lowest BCUT2D eigenvalue weighted by Gasteiger charge is -2.33. The second-order valence-electron chi connectivity index (χ2n) is 8.52. The molecule has 2 N–H and O–H groups in total. The fraction of sp³-hybridized carbons (Fsp3) is 0.524. The van der Waals surface area contributed by atoms with Gasteiger partial charge in [0.1, 0.15) is 5.60 Å². The lowest BCUT2D eigenvalue weighted by Crippen LogP contribution is -2.49. The van der Waals surface area contributed by atoms with E-state index in [1.54, 1.807) is 4.90 Å². The van der Waals surface area contributed by atoms with Gasteiger partial charge in [0.05, 0.1) is 19.3 Å². The molecule has 10 nitrogen and oxygen atoms in total. The molecule has 3 heterocycles. The van der Waals surface area contributed by atoms with Gasteiger partial charge in [0, 0.05) is 49.2 Å². The summed E-state index contributed by atoms with van der Waals surface area (Å²) in [6.07, 6.45) is 2.96. The summed E-state index contributed by atoms with van der Waals surface area (Å²) in [6, 6.07) is 6.37. The van der Waals surface area contributed by atoms with Crippen molar-refractivity contribution >= 4 is 24.0 Å². The lowest BCUT2D eigenvalue weighted by molar-refractivity contribution is 0.0211. The molecule has 1 saturated carbocycles. The second kappa shape index (κ2) is 7.84. The highest BCUT2D eigenvalue weighted by molar-refractivity contribution is 5.87. The van der Waals surface area contributed by atoms with E-state index in [1.165, 1.54) is 6.21 Å². The zero-order valence-corrected chi connectivity index (χ0v) is 17.5. The van der Waals surface area contributed by atoms with Crippen molar-refractivity contribution in [2.75, 3.05) is 49.6 Å². The average Bonchev–Trinajstić information content (AvgIpc) is 3.27. The quantitative estimate of drug-likeness (QED) is 0.676. The molecule has 3 fully saturated rings. The molecule has 0 bridgehead atoms. The van der Waals surface area contributed by atoms with Gasteiger partial charge in [-0.3, -0.25) is 0 Å². The molecule has 164 valence electrons. The number of carbonyl (C=O) groups is 1. The van der Waals surface area contributed by atoms with Crippen LogP contribution in [-0.2, 0) is 9.47 Å². The summed E-state index contributed by atoms with van der Waals surface area (Å²) in [6.45, 7) is 5.61. The molecule has 0 atom stereocenters. The number of hydrogen-bond acceptors (Lipinski definition) is 9. The summed E-state index contributed by atoms with van der Waals surface area (Å²) in [5.74, 6) is 0.489. The van der Waals surface area contributed by atoms with Crippen molar-refractivity contribution in [3.8, 4) is 11.4 Å². The van der Waals surface area contributed by atoms with E-state index in [1.807, 2.05) is 30.0 Å². The minimum Gasteiger partial charge on any atom is -0.443 e. The Morgan fingerprint density at radius 3 is 2.71 bits per heavy atom. The molecule has 2 aliphatic heterocycles. The third-order valence-electron chi connectivity index (χ3n) is 5.98. The smallest absolute Gasteiger partial charge is 0.410 e. The number of amides is 1. The van der Waals surface area contributed by atoms with Gasteiger partial charge in [-0.1, -0.05) is 17.3 Å². The van der Waals surface area contributed by atoms with Crippen LogP contribution in [-0.4, -0.2) is 78.4 Å². The number of rotatable bonds is 6. The molecule has 0 radical (unpaired) electrons. The van der Waals surface area contributed by atoms with Crippen LogP contribution in [0.25, 0.3) is 11.4 Å². The average molecular weight is 426 g/mol.